The maximum atomic E-state index is 13.1. The molecule has 0 unspecified atom stereocenters. The van der Waals surface area contributed by atoms with Gasteiger partial charge in [0.1, 0.15) is 18.1 Å². The molecule has 0 spiro atoms. The van der Waals surface area contributed by atoms with Crippen molar-refractivity contribution < 1.29 is 18.7 Å². The van der Waals surface area contributed by atoms with Crippen molar-refractivity contribution in [1.82, 2.24) is 9.80 Å². The molecular weight excluding hydrogens is 382 g/mol. The number of benzene rings is 1. The number of anilines is 1. The molecule has 0 radical (unpaired) electrons. The lowest BCUT2D eigenvalue weighted by Crippen LogP contribution is -2.48. The number of hydrogen-bond acceptors (Lipinski definition) is 4. The summed E-state index contributed by atoms with van der Waals surface area (Å²) in [6, 6.07) is 9.14. The van der Waals surface area contributed by atoms with Crippen LogP contribution in [0.1, 0.15) is 36.5 Å². The second kappa shape index (κ2) is 10.8. The molecule has 0 aliphatic heterocycles. The van der Waals surface area contributed by atoms with Crippen LogP contribution in [0.15, 0.2) is 34.7 Å². The second-order valence-electron chi connectivity index (χ2n) is 7.74. The molecule has 0 saturated heterocycles. The van der Waals surface area contributed by atoms with Crippen LogP contribution in [-0.2, 0) is 16.1 Å². The molecule has 0 aliphatic rings. The minimum Gasteiger partial charge on any atom is -0.464 e. The lowest BCUT2D eigenvalue weighted by atomic mass is 10.1. The molecule has 1 aromatic carbocycles. The van der Waals surface area contributed by atoms with Gasteiger partial charge < -0.3 is 24.3 Å². The van der Waals surface area contributed by atoms with Gasteiger partial charge in [0.2, 0.25) is 5.91 Å². The van der Waals surface area contributed by atoms with E-state index in [1.54, 1.807) is 16.9 Å². The number of nitrogens with one attached hydrogen (secondary N) is 1. The third-order valence-electron chi connectivity index (χ3n) is 4.96. The van der Waals surface area contributed by atoms with Gasteiger partial charge in [-0.05, 0) is 57.9 Å². The maximum Gasteiger partial charge on any atom is 0.322 e. The molecule has 1 N–H and O–H groups in total. The summed E-state index contributed by atoms with van der Waals surface area (Å²) >= 11 is 0. The van der Waals surface area contributed by atoms with E-state index in [9.17, 15) is 9.59 Å². The Morgan fingerprint density at radius 3 is 2.30 bits per heavy atom. The molecule has 1 heterocycles. The van der Waals surface area contributed by atoms with Crippen LogP contribution in [-0.4, -0.2) is 54.6 Å². The predicted octanol–water partition coefficient (Wildman–Crippen LogP) is 4.12. The Labute approximate surface area is 179 Å². The first kappa shape index (κ1) is 23.5. The van der Waals surface area contributed by atoms with Gasteiger partial charge in [0.15, 0.2) is 0 Å². The van der Waals surface area contributed by atoms with E-state index in [0.29, 0.717) is 25.5 Å². The summed E-state index contributed by atoms with van der Waals surface area (Å²) in [4.78, 5) is 29.3. The Bertz CT molecular complexity index is 840. The highest BCUT2D eigenvalue weighted by atomic mass is 16.5. The fraction of sp³-hybridized carbons (Fsp3) is 0.478. The minimum absolute atomic E-state index is 0.0299. The molecule has 3 amide bonds. The summed E-state index contributed by atoms with van der Waals surface area (Å²) in [5.74, 6) is 1.33. The molecule has 164 valence electrons. The number of para-hydroxylation sites is 1. The molecule has 1 aromatic heterocycles. The quantitative estimate of drug-likeness (QED) is 0.668. The lowest BCUT2D eigenvalue weighted by Gasteiger charge is -2.30. The lowest BCUT2D eigenvalue weighted by molar-refractivity contribution is -0.133. The number of hydrogen-bond donors (Lipinski definition) is 1. The van der Waals surface area contributed by atoms with Crippen molar-refractivity contribution >= 4 is 17.6 Å². The summed E-state index contributed by atoms with van der Waals surface area (Å²) in [6.45, 7) is 10.7. The topological polar surface area (TPSA) is 75.0 Å². The first-order chi connectivity index (χ1) is 14.2. The van der Waals surface area contributed by atoms with Gasteiger partial charge in [0.25, 0.3) is 0 Å². The monoisotopic (exact) mass is 415 g/mol. The second-order valence-corrected chi connectivity index (χ2v) is 7.74. The molecule has 2 rings (SSSR count). The number of urea groups is 1. The number of aryl methyl sites for hydroxylation is 3. The van der Waals surface area contributed by atoms with Gasteiger partial charge in [-0.1, -0.05) is 18.2 Å². The standard InChI is InChI=1S/C23H33N3O4/c1-16(2)26(23(28)24-22-17(3)8-7-9-18(22)4)15-21(27)25(12-13-29-6)14-20-11-10-19(5)30-20/h7-11,16H,12-15H2,1-6H3,(H,24,28). The van der Waals surface area contributed by atoms with Crippen LogP contribution in [0.25, 0.3) is 0 Å². The van der Waals surface area contributed by atoms with Crippen molar-refractivity contribution in [3.63, 3.8) is 0 Å². The van der Waals surface area contributed by atoms with Crippen LogP contribution in [0.5, 0.6) is 0 Å². The number of ether oxygens (including phenoxy) is 1. The number of methoxy groups -OCH3 is 1. The van der Waals surface area contributed by atoms with Crippen molar-refractivity contribution in [3.05, 3.63) is 53.0 Å². The van der Waals surface area contributed by atoms with Gasteiger partial charge in [-0.2, -0.15) is 0 Å². The van der Waals surface area contributed by atoms with E-state index in [2.05, 4.69) is 5.32 Å². The Kier molecular flexibility index (Phi) is 8.47. The summed E-state index contributed by atoms with van der Waals surface area (Å²) in [6.07, 6.45) is 0. The summed E-state index contributed by atoms with van der Waals surface area (Å²) in [5.41, 5.74) is 2.74. The smallest absolute Gasteiger partial charge is 0.322 e. The molecule has 2 aromatic rings. The van der Waals surface area contributed by atoms with E-state index in [1.165, 1.54) is 0 Å². The van der Waals surface area contributed by atoms with E-state index in [1.807, 2.05) is 65.0 Å². The molecule has 0 atom stereocenters. The average molecular weight is 416 g/mol. The van der Waals surface area contributed by atoms with Gasteiger partial charge in [-0.3, -0.25) is 4.79 Å². The Morgan fingerprint density at radius 2 is 1.77 bits per heavy atom. The highest BCUT2D eigenvalue weighted by molar-refractivity contribution is 5.93. The molecule has 7 heteroatoms. The van der Waals surface area contributed by atoms with Crippen LogP contribution < -0.4 is 5.32 Å². The molecule has 0 fully saturated rings. The normalized spacial score (nSPS) is 10.9. The SMILES string of the molecule is COCCN(Cc1ccc(C)o1)C(=O)CN(C(=O)Nc1c(C)cccc1C)C(C)C. The fourth-order valence-corrected chi connectivity index (χ4v) is 3.18. The van der Waals surface area contributed by atoms with E-state index >= 15 is 0 Å². The van der Waals surface area contributed by atoms with Crippen LogP contribution in [0.2, 0.25) is 0 Å². The van der Waals surface area contributed by atoms with Crippen LogP contribution >= 0.6 is 0 Å². The first-order valence-electron chi connectivity index (χ1n) is 10.2. The zero-order valence-corrected chi connectivity index (χ0v) is 18.8. The number of furan rings is 1. The van der Waals surface area contributed by atoms with Crippen LogP contribution in [0.4, 0.5) is 10.5 Å². The van der Waals surface area contributed by atoms with Gasteiger partial charge in [-0.15, -0.1) is 0 Å². The van der Waals surface area contributed by atoms with Crippen molar-refractivity contribution in [2.45, 2.75) is 47.2 Å². The minimum atomic E-state index is -0.295. The molecule has 0 bridgehead atoms. The molecule has 0 aliphatic carbocycles. The third kappa shape index (κ3) is 6.35. The fourth-order valence-electron chi connectivity index (χ4n) is 3.18. The summed E-state index contributed by atoms with van der Waals surface area (Å²) in [5, 5.41) is 2.97. The van der Waals surface area contributed by atoms with Crippen molar-refractivity contribution in [2.75, 3.05) is 32.1 Å². The number of rotatable bonds is 9. The summed E-state index contributed by atoms with van der Waals surface area (Å²) in [7, 11) is 1.60. The van der Waals surface area contributed by atoms with Crippen molar-refractivity contribution in [3.8, 4) is 0 Å². The zero-order chi connectivity index (χ0) is 22.3. The van der Waals surface area contributed by atoms with Crippen molar-refractivity contribution in [1.29, 1.82) is 0 Å². The number of nitrogens with zero attached hydrogens (tertiary/aromatic N) is 2. The Morgan fingerprint density at radius 1 is 1.10 bits per heavy atom. The maximum absolute atomic E-state index is 13.1. The Hall–Kier alpha value is -2.80. The van der Waals surface area contributed by atoms with E-state index in [4.69, 9.17) is 9.15 Å². The van der Waals surface area contributed by atoms with Gasteiger partial charge in [-0.25, -0.2) is 4.79 Å². The highest BCUT2D eigenvalue weighted by Crippen LogP contribution is 2.20. The number of carbonyl (C=O) groups is 2. The van der Waals surface area contributed by atoms with E-state index < -0.39 is 0 Å². The van der Waals surface area contributed by atoms with Crippen LogP contribution in [0.3, 0.4) is 0 Å². The third-order valence-corrected chi connectivity index (χ3v) is 4.96. The van der Waals surface area contributed by atoms with E-state index in [0.717, 1.165) is 22.6 Å². The molecule has 30 heavy (non-hydrogen) atoms. The predicted molar refractivity (Wildman–Crippen MR) is 118 cm³/mol. The zero-order valence-electron chi connectivity index (χ0n) is 18.8. The molecule has 0 saturated carbocycles. The van der Waals surface area contributed by atoms with Gasteiger partial charge >= 0.3 is 6.03 Å². The average Bonchev–Trinajstić information content (AvgIpc) is 3.10. The largest absolute Gasteiger partial charge is 0.464 e. The molecular formula is C23H33N3O4. The van der Waals surface area contributed by atoms with Crippen LogP contribution in [0, 0.1) is 20.8 Å². The van der Waals surface area contributed by atoms with Gasteiger partial charge in [0, 0.05) is 25.4 Å². The highest BCUT2D eigenvalue weighted by Gasteiger charge is 2.25. The van der Waals surface area contributed by atoms with Crippen molar-refractivity contribution in [2.24, 2.45) is 0 Å². The number of carbonyl (C=O) groups excluding carboxylic acids is 2. The first-order valence-corrected chi connectivity index (χ1v) is 10.2. The van der Waals surface area contributed by atoms with E-state index in [-0.39, 0.29) is 24.5 Å². The van der Waals surface area contributed by atoms with Gasteiger partial charge in [0.05, 0.1) is 13.2 Å². The summed E-state index contributed by atoms with van der Waals surface area (Å²) < 4.78 is 10.8. The molecule has 7 nitrogen and oxygen atoms in total. The Balaban J connectivity index is 2.13. The number of amides is 3.